The highest BCUT2D eigenvalue weighted by atomic mass is 32.2. The van der Waals surface area contributed by atoms with Crippen LogP contribution in [0.2, 0.25) is 0 Å². The van der Waals surface area contributed by atoms with Gasteiger partial charge in [0.2, 0.25) is 0 Å². The Bertz CT molecular complexity index is 834. The van der Waals surface area contributed by atoms with Gasteiger partial charge < -0.3 is 14.4 Å². The molecule has 0 amide bonds. The molecule has 146 valence electrons. The molecular formula is C17H21N3O6S. The van der Waals surface area contributed by atoms with Gasteiger partial charge in [-0.1, -0.05) is 12.2 Å². The molecule has 1 heterocycles. The first-order valence-electron chi connectivity index (χ1n) is 8.16. The predicted octanol–water partition coefficient (Wildman–Crippen LogP) is 1.75. The second kappa shape index (κ2) is 9.40. The van der Waals surface area contributed by atoms with E-state index in [0.29, 0.717) is 45.1 Å². The van der Waals surface area contributed by atoms with E-state index in [1.807, 2.05) is 0 Å². The van der Waals surface area contributed by atoms with Crippen LogP contribution in [0.5, 0.6) is 0 Å². The second-order valence-corrected chi connectivity index (χ2v) is 7.11. The molecule has 0 atom stereocenters. The normalized spacial score (nSPS) is 14.3. The number of fused-ring (bicyclic) bond motifs is 1. The van der Waals surface area contributed by atoms with E-state index >= 15 is 0 Å². The number of benzene rings is 1. The molecule has 1 aromatic carbocycles. The first-order chi connectivity index (χ1) is 12.9. The highest BCUT2D eigenvalue weighted by molar-refractivity contribution is 7.90. The zero-order chi connectivity index (χ0) is 19.9. The Morgan fingerprint density at radius 1 is 1.15 bits per heavy atom. The first-order valence-corrected chi connectivity index (χ1v) is 9.60. The molecule has 2 rings (SSSR count). The lowest BCUT2D eigenvalue weighted by atomic mass is 10.1. The van der Waals surface area contributed by atoms with E-state index in [0.717, 1.165) is 6.07 Å². The van der Waals surface area contributed by atoms with Crippen LogP contribution in [-0.4, -0.2) is 63.6 Å². The van der Waals surface area contributed by atoms with Crippen LogP contribution in [0.15, 0.2) is 52.8 Å². The fourth-order valence-electron chi connectivity index (χ4n) is 2.47. The summed E-state index contributed by atoms with van der Waals surface area (Å²) in [5.41, 5.74) is 0.0250. The Balaban J connectivity index is 2.27. The van der Waals surface area contributed by atoms with Gasteiger partial charge in [0.15, 0.2) is 5.84 Å². The molecule has 0 aromatic heterocycles. The molecule has 0 aliphatic carbocycles. The Morgan fingerprint density at radius 2 is 1.74 bits per heavy atom. The molecule has 0 unspecified atom stereocenters. The minimum atomic E-state index is -4.00. The third-order valence-electron chi connectivity index (χ3n) is 3.68. The maximum absolute atomic E-state index is 12.4. The summed E-state index contributed by atoms with van der Waals surface area (Å²) < 4.78 is 39.3. The summed E-state index contributed by atoms with van der Waals surface area (Å²) in [5.74, 6) is 0.226. The Labute approximate surface area is 157 Å². The molecule has 1 aliphatic rings. The molecule has 0 saturated heterocycles. The van der Waals surface area contributed by atoms with Gasteiger partial charge in [-0.2, -0.15) is 8.42 Å². The lowest BCUT2D eigenvalue weighted by molar-refractivity contribution is -0.385. The number of rotatable bonds is 11. The van der Waals surface area contributed by atoms with Crippen molar-refractivity contribution in [2.24, 2.45) is 4.40 Å². The van der Waals surface area contributed by atoms with Crippen LogP contribution in [0.1, 0.15) is 5.56 Å². The van der Waals surface area contributed by atoms with Crippen molar-refractivity contribution in [3.8, 4) is 0 Å². The predicted molar refractivity (Wildman–Crippen MR) is 100 cm³/mol. The molecule has 0 bridgehead atoms. The zero-order valence-electron chi connectivity index (χ0n) is 14.7. The minimum absolute atomic E-state index is 0.171. The summed E-state index contributed by atoms with van der Waals surface area (Å²) in [6, 6.07) is 3.69. The van der Waals surface area contributed by atoms with Crippen LogP contribution in [0.3, 0.4) is 0 Å². The molecule has 0 N–H and O–H groups in total. The molecule has 0 spiro atoms. The molecule has 10 heteroatoms. The molecule has 1 aliphatic heterocycles. The van der Waals surface area contributed by atoms with Crippen molar-refractivity contribution in [1.29, 1.82) is 0 Å². The van der Waals surface area contributed by atoms with Gasteiger partial charge in [-0.3, -0.25) is 10.1 Å². The number of nitro benzene ring substituents is 1. The van der Waals surface area contributed by atoms with Gasteiger partial charge >= 0.3 is 0 Å². The average molecular weight is 395 g/mol. The van der Waals surface area contributed by atoms with Gasteiger partial charge in [-0.25, -0.2) is 0 Å². The standard InChI is InChI=1S/C17H21N3O6S/c1-3-9-25-11-7-19(8-12-26-10-4-2)17-15-6-5-14(20(21)22)13-16(15)27(23,24)18-17/h3-6,13H,1-2,7-12H2. The number of sulfonamides is 1. The highest BCUT2D eigenvalue weighted by Crippen LogP contribution is 2.30. The smallest absolute Gasteiger partial charge is 0.285 e. The third kappa shape index (κ3) is 5.22. The largest absolute Gasteiger partial charge is 0.376 e. The number of amidine groups is 1. The van der Waals surface area contributed by atoms with Gasteiger partial charge in [-0.05, 0) is 6.07 Å². The van der Waals surface area contributed by atoms with Crippen LogP contribution in [0.4, 0.5) is 5.69 Å². The number of non-ortho nitro benzene ring substituents is 1. The summed E-state index contributed by atoms with van der Waals surface area (Å²) in [7, 11) is -4.00. The average Bonchev–Trinajstić information content (AvgIpc) is 2.91. The third-order valence-corrected chi connectivity index (χ3v) is 4.99. The van der Waals surface area contributed by atoms with Gasteiger partial charge in [0, 0.05) is 30.8 Å². The molecular weight excluding hydrogens is 374 g/mol. The lowest BCUT2D eigenvalue weighted by Gasteiger charge is -2.24. The fourth-order valence-corrected chi connectivity index (χ4v) is 3.72. The van der Waals surface area contributed by atoms with E-state index in [9.17, 15) is 18.5 Å². The molecule has 0 saturated carbocycles. The van der Waals surface area contributed by atoms with E-state index < -0.39 is 14.9 Å². The zero-order valence-corrected chi connectivity index (χ0v) is 15.6. The van der Waals surface area contributed by atoms with Crippen molar-refractivity contribution < 1.29 is 22.8 Å². The topological polar surface area (TPSA) is 111 Å². The number of ether oxygens (including phenoxy) is 2. The van der Waals surface area contributed by atoms with Crippen molar-refractivity contribution in [3.05, 3.63) is 59.2 Å². The molecule has 27 heavy (non-hydrogen) atoms. The number of nitrogens with zero attached hydrogens (tertiary/aromatic N) is 3. The quantitative estimate of drug-likeness (QED) is 0.243. The number of hydrogen-bond acceptors (Lipinski definition) is 7. The summed E-state index contributed by atoms with van der Waals surface area (Å²) in [6.45, 7) is 9.28. The molecule has 9 nitrogen and oxygen atoms in total. The van der Waals surface area contributed by atoms with Crippen molar-refractivity contribution >= 4 is 21.5 Å². The van der Waals surface area contributed by atoms with Crippen molar-refractivity contribution in [2.45, 2.75) is 4.90 Å². The van der Waals surface area contributed by atoms with E-state index in [4.69, 9.17) is 9.47 Å². The molecule has 0 radical (unpaired) electrons. The number of nitro groups is 1. The van der Waals surface area contributed by atoms with Crippen LogP contribution < -0.4 is 0 Å². The van der Waals surface area contributed by atoms with Gasteiger partial charge in [-0.15, -0.1) is 17.6 Å². The fraction of sp³-hybridized carbons (Fsp3) is 0.353. The second-order valence-electron chi connectivity index (χ2n) is 5.54. The van der Waals surface area contributed by atoms with E-state index in [1.54, 1.807) is 17.1 Å². The van der Waals surface area contributed by atoms with E-state index in [-0.39, 0.29) is 16.4 Å². The summed E-state index contributed by atoms with van der Waals surface area (Å²) in [6.07, 6.45) is 3.23. The van der Waals surface area contributed by atoms with Crippen molar-refractivity contribution in [2.75, 3.05) is 39.5 Å². The SMILES string of the molecule is C=CCOCCN(CCOCC=C)C1=NS(=O)(=O)c2cc([N+](=O)[O-])ccc21. The summed E-state index contributed by atoms with van der Waals surface area (Å²) in [4.78, 5) is 11.9. The van der Waals surface area contributed by atoms with Crippen LogP contribution in [0, 0.1) is 10.1 Å². The Kier molecular flexibility index (Phi) is 7.22. The lowest BCUT2D eigenvalue weighted by Crippen LogP contribution is -2.36. The van der Waals surface area contributed by atoms with Gasteiger partial charge in [0.25, 0.3) is 15.7 Å². The summed E-state index contributed by atoms with van der Waals surface area (Å²) in [5, 5.41) is 10.9. The van der Waals surface area contributed by atoms with Gasteiger partial charge in [0.05, 0.1) is 31.4 Å². The Morgan fingerprint density at radius 3 is 2.26 bits per heavy atom. The van der Waals surface area contributed by atoms with E-state index in [2.05, 4.69) is 17.6 Å². The van der Waals surface area contributed by atoms with Crippen LogP contribution in [0.25, 0.3) is 0 Å². The van der Waals surface area contributed by atoms with Gasteiger partial charge in [0.1, 0.15) is 4.90 Å². The monoisotopic (exact) mass is 395 g/mol. The van der Waals surface area contributed by atoms with Crippen LogP contribution in [-0.2, 0) is 19.5 Å². The molecule has 1 aromatic rings. The first kappa shape index (κ1) is 20.7. The molecule has 0 fully saturated rings. The summed E-state index contributed by atoms with van der Waals surface area (Å²) >= 11 is 0. The number of hydrogen-bond donors (Lipinski definition) is 0. The minimum Gasteiger partial charge on any atom is -0.376 e. The van der Waals surface area contributed by atoms with Crippen LogP contribution >= 0.6 is 0 Å². The highest BCUT2D eigenvalue weighted by Gasteiger charge is 2.33. The Hall–Kier alpha value is -2.56. The van der Waals surface area contributed by atoms with Crippen molar-refractivity contribution in [1.82, 2.24) is 4.90 Å². The van der Waals surface area contributed by atoms with E-state index in [1.165, 1.54) is 12.1 Å². The van der Waals surface area contributed by atoms with Crippen molar-refractivity contribution in [3.63, 3.8) is 0 Å². The maximum atomic E-state index is 12.4. The maximum Gasteiger partial charge on any atom is 0.285 e.